The van der Waals surface area contributed by atoms with E-state index in [-0.39, 0.29) is 27.0 Å². The summed E-state index contributed by atoms with van der Waals surface area (Å²) in [4.78, 5) is 1.56. The number of halogens is 1. The molecule has 0 radical (unpaired) electrons. The molecule has 0 amide bonds. The summed E-state index contributed by atoms with van der Waals surface area (Å²) in [5.74, 6) is 0.227. The second-order valence-corrected chi connectivity index (χ2v) is 10.7. The van der Waals surface area contributed by atoms with Gasteiger partial charge in [0.15, 0.2) is 0 Å². The van der Waals surface area contributed by atoms with Crippen LogP contribution in [-0.2, 0) is 0 Å². The molecule has 5 heteroatoms. The van der Waals surface area contributed by atoms with E-state index in [2.05, 4.69) is 36.2 Å². The Kier molecular flexibility index (Phi) is 6.88. The molecule has 0 fully saturated rings. The summed E-state index contributed by atoms with van der Waals surface area (Å²) in [7, 11) is 0. The molecule has 0 bridgehead atoms. The van der Waals surface area contributed by atoms with Crippen molar-refractivity contribution in [3.05, 3.63) is 46.0 Å². The van der Waals surface area contributed by atoms with Crippen LogP contribution >= 0.6 is 0 Å². The minimum atomic E-state index is -0.0879. The van der Waals surface area contributed by atoms with Gasteiger partial charge < -0.3 is 0 Å². The number of fused-ring (bicyclic) bond motifs is 1. The predicted molar refractivity (Wildman–Crippen MR) is 102 cm³/mol. The summed E-state index contributed by atoms with van der Waals surface area (Å²) in [5.41, 5.74) is 2.36. The molecular formula is C21H27IN3O-. The van der Waals surface area contributed by atoms with Crippen LogP contribution in [0.25, 0.3) is 16.7 Å². The van der Waals surface area contributed by atoms with Gasteiger partial charge in [0, 0.05) is 0 Å². The van der Waals surface area contributed by atoms with Crippen molar-refractivity contribution in [2.75, 3.05) is 0 Å². The zero-order chi connectivity index (χ0) is 18.4. The van der Waals surface area contributed by atoms with Crippen LogP contribution in [0.4, 0.5) is 0 Å². The first-order valence-corrected chi connectivity index (χ1v) is 11.8. The van der Waals surface area contributed by atoms with E-state index in [1.54, 1.807) is 10.9 Å². The first kappa shape index (κ1) is 19.1. The van der Waals surface area contributed by atoms with Crippen molar-refractivity contribution in [2.45, 2.75) is 56.3 Å². The zero-order valence-electron chi connectivity index (χ0n) is 15.5. The van der Waals surface area contributed by atoms with Crippen LogP contribution in [0.1, 0.15) is 52.4 Å². The van der Waals surface area contributed by atoms with Gasteiger partial charge in [0.05, 0.1) is 0 Å². The fraction of sp³-hybridized carbons (Fsp3) is 0.429. The Morgan fingerprint density at radius 1 is 1.00 bits per heavy atom. The van der Waals surface area contributed by atoms with E-state index in [4.69, 9.17) is 0 Å². The van der Waals surface area contributed by atoms with E-state index >= 15 is 0 Å². The fourth-order valence-electron chi connectivity index (χ4n) is 2.99. The first-order valence-electron chi connectivity index (χ1n) is 9.46. The van der Waals surface area contributed by atoms with Crippen molar-refractivity contribution >= 4 is 11.0 Å². The van der Waals surface area contributed by atoms with Crippen LogP contribution in [0.3, 0.4) is 0 Å². The number of alkyl halides is 1. The van der Waals surface area contributed by atoms with Gasteiger partial charge in [-0.05, 0) is 0 Å². The molecule has 26 heavy (non-hydrogen) atoms. The third-order valence-electron chi connectivity index (χ3n) is 4.46. The van der Waals surface area contributed by atoms with Crippen LogP contribution in [0.5, 0.6) is 5.75 Å². The SMILES string of the molecule is CCCCCCCC(C)[I-]c1ccc(O)c(-n2nc3ccccc3n2)c1. The van der Waals surface area contributed by atoms with Gasteiger partial charge in [-0.2, -0.15) is 0 Å². The van der Waals surface area contributed by atoms with Crippen molar-refractivity contribution < 1.29 is 26.3 Å². The van der Waals surface area contributed by atoms with Crippen molar-refractivity contribution in [2.24, 2.45) is 0 Å². The fourth-order valence-corrected chi connectivity index (χ4v) is 5.83. The number of aromatic nitrogens is 3. The van der Waals surface area contributed by atoms with Gasteiger partial charge in [0.2, 0.25) is 0 Å². The number of aromatic hydroxyl groups is 1. The van der Waals surface area contributed by atoms with E-state index in [1.165, 1.54) is 42.1 Å². The number of hydrogen-bond donors (Lipinski definition) is 1. The molecule has 140 valence electrons. The Morgan fingerprint density at radius 2 is 1.69 bits per heavy atom. The van der Waals surface area contributed by atoms with Crippen LogP contribution in [0, 0.1) is 3.57 Å². The summed E-state index contributed by atoms with van der Waals surface area (Å²) in [5, 5.41) is 19.3. The van der Waals surface area contributed by atoms with Gasteiger partial charge in [-0.1, -0.05) is 0 Å². The standard InChI is InChI=1S/C21H27IN3O/c1-3-4-5-6-7-10-16(2)22-17-13-14-21(26)20(15-17)25-23-18-11-8-9-12-19(18)24-25/h8-9,11-16,26H,3-7,10H2,1-2H3/q-1. The Balaban J connectivity index is 1.67. The van der Waals surface area contributed by atoms with Gasteiger partial charge in [-0.25, -0.2) is 0 Å². The molecule has 1 heterocycles. The molecular weight excluding hydrogens is 437 g/mol. The van der Waals surface area contributed by atoms with Crippen LogP contribution in [-0.4, -0.2) is 24.0 Å². The van der Waals surface area contributed by atoms with Crippen molar-refractivity contribution in [3.8, 4) is 11.4 Å². The van der Waals surface area contributed by atoms with Crippen LogP contribution < -0.4 is 21.2 Å². The summed E-state index contributed by atoms with van der Waals surface area (Å²) >= 11 is -0.0879. The predicted octanol–water partition coefficient (Wildman–Crippen LogP) is 2.13. The van der Waals surface area contributed by atoms with Gasteiger partial charge in [-0.15, -0.1) is 0 Å². The molecule has 1 aromatic heterocycles. The number of rotatable bonds is 9. The molecule has 2 aromatic carbocycles. The number of benzene rings is 2. The molecule has 4 nitrogen and oxygen atoms in total. The molecule has 0 saturated heterocycles. The Morgan fingerprint density at radius 3 is 2.38 bits per heavy atom. The number of phenols is 1. The minimum absolute atomic E-state index is 0.0879. The molecule has 3 rings (SSSR count). The van der Waals surface area contributed by atoms with E-state index in [0.717, 1.165) is 15.0 Å². The van der Waals surface area contributed by atoms with Crippen molar-refractivity contribution in [1.82, 2.24) is 15.0 Å². The average molecular weight is 464 g/mol. The van der Waals surface area contributed by atoms with Gasteiger partial charge in [0.1, 0.15) is 0 Å². The summed E-state index contributed by atoms with van der Waals surface area (Å²) in [6.45, 7) is 4.62. The molecule has 3 aromatic rings. The normalized spacial score (nSPS) is 12.7. The molecule has 0 saturated carbocycles. The summed E-state index contributed by atoms with van der Waals surface area (Å²) in [6.07, 6.45) is 8.01. The van der Waals surface area contributed by atoms with E-state index in [9.17, 15) is 5.11 Å². The number of phenolic OH excluding ortho intramolecular Hbond substituents is 1. The van der Waals surface area contributed by atoms with Gasteiger partial charge >= 0.3 is 166 Å². The number of hydrogen-bond acceptors (Lipinski definition) is 3. The van der Waals surface area contributed by atoms with Gasteiger partial charge in [-0.3, -0.25) is 0 Å². The van der Waals surface area contributed by atoms with Crippen LogP contribution in [0.15, 0.2) is 42.5 Å². The number of unbranched alkanes of at least 4 members (excludes halogenated alkanes) is 4. The Labute approximate surface area is 165 Å². The summed E-state index contributed by atoms with van der Waals surface area (Å²) < 4.78 is 2.08. The maximum atomic E-state index is 10.3. The average Bonchev–Trinajstić information content (AvgIpc) is 3.07. The van der Waals surface area contributed by atoms with Crippen LogP contribution in [0.2, 0.25) is 0 Å². The topological polar surface area (TPSA) is 50.9 Å². The third-order valence-corrected chi connectivity index (χ3v) is 7.53. The molecule has 0 aliphatic heterocycles. The monoisotopic (exact) mass is 464 g/mol. The molecule has 1 N–H and O–H groups in total. The van der Waals surface area contributed by atoms with Crippen molar-refractivity contribution in [1.29, 1.82) is 0 Å². The second kappa shape index (κ2) is 9.35. The zero-order valence-corrected chi connectivity index (χ0v) is 17.7. The molecule has 1 atom stereocenters. The molecule has 0 spiro atoms. The molecule has 0 aliphatic carbocycles. The quantitative estimate of drug-likeness (QED) is 0.300. The Bertz CT molecular complexity index is 813. The van der Waals surface area contributed by atoms with Crippen molar-refractivity contribution in [3.63, 3.8) is 0 Å². The van der Waals surface area contributed by atoms with E-state index < -0.39 is 0 Å². The molecule has 1 unspecified atom stereocenters. The van der Waals surface area contributed by atoms with E-state index in [0.29, 0.717) is 5.69 Å². The second-order valence-electron chi connectivity index (χ2n) is 6.70. The molecule has 0 aliphatic rings. The first-order chi connectivity index (χ1) is 12.7. The Hall–Kier alpha value is -1.63. The summed E-state index contributed by atoms with van der Waals surface area (Å²) in [6, 6.07) is 13.7. The van der Waals surface area contributed by atoms with E-state index in [1.807, 2.05) is 24.3 Å². The maximum absolute atomic E-state index is 10.3. The van der Waals surface area contributed by atoms with Gasteiger partial charge in [0.25, 0.3) is 0 Å². The third kappa shape index (κ3) is 4.96. The number of nitrogens with zero attached hydrogens (tertiary/aromatic N) is 3.